The van der Waals surface area contributed by atoms with Gasteiger partial charge in [-0.25, -0.2) is 4.98 Å². The Morgan fingerprint density at radius 2 is 1.75 bits per heavy atom. The minimum absolute atomic E-state index is 0.106. The third-order valence-electron chi connectivity index (χ3n) is 5.19. The summed E-state index contributed by atoms with van der Waals surface area (Å²) < 4.78 is 6.60. The average Bonchev–Trinajstić information content (AvgIpc) is 3.52. The molecule has 0 aliphatic rings. The highest BCUT2D eigenvalue weighted by Gasteiger charge is 2.23. The van der Waals surface area contributed by atoms with Crippen molar-refractivity contribution in [3.63, 3.8) is 0 Å². The predicted octanol–water partition coefficient (Wildman–Crippen LogP) is 7.13. The van der Waals surface area contributed by atoms with E-state index < -0.39 is 0 Å². The predicted molar refractivity (Wildman–Crippen MR) is 133 cm³/mol. The van der Waals surface area contributed by atoms with Gasteiger partial charge in [-0.05, 0) is 59.8 Å². The van der Waals surface area contributed by atoms with Crippen LogP contribution in [0.25, 0.3) is 21.3 Å². The summed E-state index contributed by atoms with van der Waals surface area (Å²) in [6.07, 6.45) is 3.67. The van der Waals surface area contributed by atoms with E-state index in [0.717, 1.165) is 21.3 Å². The molecule has 0 bridgehead atoms. The van der Waals surface area contributed by atoms with Gasteiger partial charge in [0.25, 0.3) is 5.91 Å². The first kappa shape index (κ1) is 20.5. The number of rotatable bonds is 6. The number of thioether (sulfide) groups is 1. The normalized spacial score (nSPS) is 11.0. The van der Waals surface area contributed by atoms with Crippen molar-refractivity contribution in [3.05, 3.63) is 103 Å². The number of aromatic nitrogens is 1. The molecule has 0 aliphatic heterocycles. The fraction of sp³-hybridized carbons (Fsp3) is 0.0769. The molecule has 0 saturated carbocycles. The van der Waals surface area contributed by atoms with Crippen LogP contribution in [0.15, 0.2) is 101 Å². The van der Waals surface area contributed by atoms with Gasteiger partial charge < -0.3 is 4.42 Å². The molecular weight excluding hydrogens is 436 g/mol. The van der Waals surface area contributed by atoms with E-state index in [1.54, 1.807) is 22.9 Å². The number of fused-ring (bicyclic) bond motifs is 1. The molecule has 6 heteroatoms. The molecule has 5 aromatic rings. The highest BCUT2D eigenvalue weighted by molar-refractivity contribution is 7.98. The highest BCUT2D eigenvalue weighted by Crippen LogP contribution is 2.33. The van der Waals surface area contributed by atoms with Crippen molar-refractivity contribution in [2.24, 2.45) is 0 Å². The molecule has 32 heavy (non-hydrogen) atoms. The van der Waals surface area contributed by atoms with Crippen molar-refractivity contribution >= 4 is 44.4 Å². The zero-order chi connectivity index (χ0) is 21.9. The number of thiazole rings is 1. The van der Waals surface area contributed by atoms with Crippen LogP contribution in [0, 0.1) is 0 Å². The summed E-state index contributed by atoms with van der Waals surface area (Å²) in [6.45, 7) is 0.321. The highest BCUT2D eigenvalue weighted by atomic mass is 32.2. The van der Waals surface area contributed by atoms with Gasteiger partial charge in [0, 0.05) is 10.5 Å². The molecule has 0 N–H and O–H groups in total. The van der Waals surface area contributed by atoms with E-state index in [0.29, 0.717) is 23.0 Å². The molecule has 1 amide bonds. The molecule has 2 aromatic heterocycles. The molecule has 4 nitrogen and oxygen atoms in total. The number of hydrogen-bond donors (Lipinski definition) is 0. The van der Waals surface area contributed by atoms with Gasteiger partial charge in [-0.3, -0.25) is 9.69 Å². The lowest BCUT2D eigenvalue weighted by Gasteiger charge is -2.19. The van der Waals surface area contributed by atoms with Crippen molar-refractivity contribution in [1.29, 1.82) is 0 Å². The zero-order valence-electron chi connectivity index (χ0n) is 17.4. The van der Waals surface area contributed by atoms with Crippen molar-refractivity contribution in [1.82, 2.24) is 4.98 Å². The lowest BCUT2D eigenvalue weighted by Crippen LogP contribution is -2.30. The van der Waals surface area contributed by atoms with Gasteiger partial charge in [0.2, 0.25) is 0 Å². The summed E-state index contributed by atoms with van der Waals surface area (Å²) >= 11 is 3.21. The van der Waals surface area contributed by atoms with Crippen molar-refractivity contribution < 1.29 is 9.21 Å². The van der Waals surface area contributed by atoms with E-state index in [2.05, 4.69) is 30.5 Å². The molecular formula is C26H20N2O2S2. The Bertz CT molecular complexity index is 1340. The van der Waals surface area contributed by atoms with E-state index in [4.69, 9.17) is 9.40 Å². The Morgan fingerprint density at radius 3 is 2.47 bits per heavy atom. The van der Waals surface area contributed by atoms with Crippen LogP contribution in [0.2, 0.25) is 0 Å². The summed E-state index contributed by atoms with van der Waals surface area (Å²) in [5.41, 5.74) is 3.69. The Balaban J connectivity index is 1.50. The van der Waals surface area contributed by atoms with E-state index >= 15 is 0 Å². The summed E-state index contributed by atoms with van der Waals surface area (Å²) in [7, 11) is 0. The fourth-order valence-corrected chi connectivity index (χ4v) is 5.03. The van der Waals surface area contributed by atoms with Crippen LogP contribution in [0.1, 0.15) is 16.1 Å². The monoisotopic (exact) mass is 456 g/mol. The second-order valence-corrected chi connectivity index (χ2v) is 9.13. The maximum atomic E-state index is 13.6. The lowest BCUT2D eigenvalue weighted by molar-refractivity contribution is 0.0983. The molecule has 3 aromatic carbocycles. The van der Waals surface area contributed by atoms with Crippen molar-refractivity contribution in [2.75, 3.05) is 11.2 Å². The first-order valence-corrected chi connectivity index (χ1v) is 12.2. The lowest BCUT2D eigenvalue weighted by atomic mass is 10.0. The number of benzene rings is 3. The van der Waals surface area contributed by atoms with E-state index in [1.165, 1.54) is 16.2 Å². The maximum Gasteiger partial charge on any atom is 0.260 e. The first-order valence-electron chi connectivity index (χ1n) is 10.2. The second kappa shape index (κ2) is 9.02. The van der Waals surface area contributed by atoms with Gasteiger partial charge in [-0.2, -0.15) is 0 Å². The van der Waals surface area contributed by atoms with Crippen LogP contribution in [-0.4, -0.2) is 17.1 Å². The van der Waals surface area contributed by atoms with Crippen LogP contribution in [0.4, 0.5) is 5.13 Å². The van der Waals surface area contributed by atoms with Crippen LogP contribution in [0.3, 0.4) is 0 Å². The number of furan rings is 1. The molecule has 0 saturated heterocycles. The minimum Gasteiger partial charge on any atom is -0.467 e. The van der Waals surface area contributed by atoms with Gasteiger partial charge in [0.05, 0.1) is 23.0 Å². The van der Waals surface area contributed by atoms with E-state index in [-0.39, 0.29) is 5.91 Å². The number of carbonyl (C=O) groups excluding carboxylic acids is 1. The number of carbonyl (C=O) groups is 1. The average molecular weight is 457 g/mol. The third kappa shape index (κ3) is 4.20. The van der Waals surface area contributed by atoms with Crippen LogP contribution in [-0.2, 0) is 6.54 Å². The summed E-state index contributed by atoms with van der Waals surface area (Å²) in [5.74, 6) is 0.605. The second-order valence-electron chi connectivity index (χ2n) is 7.24. The number of nitrogens with zero attached hydrogens (tertiary/aromatic N) is 2. The number of anilines is 1. The smallest absolute Gasteiger partial charge is 0.260 e. The molecule has 2 heterocycles. The van der Waals surface area contributed by atoms with Crippen LogP contribution in [0.5, 0.6) is 0 Å². The molecule has 5 rings (SSSR count). The molecule has 0 unspecified atom stereocenters. The van der Waals surface area contributed by atoms with E-state index in [1.807, 2.05) is 60.7 Å². The summed E-state index contributed by atoms with van der Waals surface area (Å²) in [4.78, 5) is 21.2. The molecule has 0 atom stereocenters. The first-order chi connectivity index (χ1) is 15.7. The Kier molecular flexibility index (Phi) is 5.79. The van der Waals surface area contributed by atoms with E-state index in [9.17, 15) is 4.79 Å². The number of hydrogen-bond acceptors (Lipinski definition) is 5. The van der Waals surface area contributed by atoms with Gasteiger partial charge in [0.15, 0.2) is 5.13 Å². The maximum absolute atomic E-state index is 13.6. The fourth-order valence-electron chi connectivity index (χ4n) is 3.51. The summed E-state index contributed by atoms with van der Waals surface area (Å²) in [6, 6.07) is 27.7. The molecule has 0 spiro atoms. The van der Waals surface area contributed by atoms with Crippen molar-refractivity contribution in [2.45, 2.75) is 11.4 Å². The molecule has 158 valence electrons. The number of amides is 1. The van der Waals surface area contributed by atoms with Crippen molar-refractivity contribution in [3.8, 4) is 11.1 Å². The minimum atomic E-state index is -0.106. The molecule has 0 fully saturated rings. The third-order valence-corrected chi connectivity index (χ3v) is 6.96. The topological polar surface area (TPSA) is 46.3 Å². The molecule has 0 radical (unpaired) electrons. The van der Waals surface area contributed by atoms with Crippen LogP contribution >= 0.6 is 23.1 Å². The Hall–Kier alpha value is -3.35. The SMILES string of the molecule is CSc1ccc2nc(N(Cc3ccco3)C(=O)c3ccc(-c4ccccc4)cc3)sc2c1. The Morgan fingerprint density at radius 1 is 0.969 bits per heavy atom. The quantitative estimate of drug-likeness (QED) is 0.255. The van der Waals surface area contributed by atoms with Gasteiger partial charge in [-0.15, -0.1) is 11.8 Å². The Labute approximate surface area is 194 Å². The summed E-state index contributed by atoms with van der Waals surface area (Å²) in [5, 5.41) is 0.659. The van der Waals surface area contributed by atoms with Crippen LogP contribution < -0.4 is 4.90 Å². The van der Waals surface area contributed by atoms with Gasteiger partial charge in [0.1, 0.15) is 5.76 Å². The standard InChI is InChI=1S/C26H20N2O2S2/c1-31-22-13-14-23-24(16-22)32-26(27-23)28(17-21-8-5-15-30-21)25(29)20-11-9-19(10-12-20)18-6-3-2-4-7-18/h2-16H,17H2,1H3. The van der Waals surface area contributed by atoms with Gasteiger partial charge >= 0.3 is 0 Å². The molecule has 0 aliphatic carbocycles. The largest absolute Gasteiger partial charge is 0.467 e. The van der Waals surface area contributed by atoms with Gasteiger partial charge in [-0.1, -0.05) is 53.8 Å². The zero-order valence-corrected chi connectivity index (χ0v) is 19.0.